The van der Waals surface area contributed by atoms with Gasteiger partial charge in [0.05, 0.1) is 29.5 Å². The van der Waals surface area contributed by atoms with E-state index in [9.17, 15) is 9.59 Å². The second-order valence-electron chi connectivity index (χ2n) is 6.06. The number of carbonyl (C=O) groups excluding carboxylic acids is 1. The third-order valence-corrected chi connectivity index (χ3v) is 5.05. The Morgan fingerprint density at radius 3 is 2.85 bits per heavy atom. The number of hydrogen-bond donors (Lipinski definition) is 1. The summed E-state index contributed by atoms with van der Waals surface area (Å²) in [5.41, 5.74) is 0.439. The van der Waals surface area contributed by atoms with E-state index in [1.807, 2.05) is 12.1 Å². The smallest absolute Gasteiger partial charge is 0.262 e. The van der Waals surface area contributed by atoms with Crippen molar-refractivity contribution in [3.8, 4) is 0 Å². The minimum atomic E-state index is -0.159. The number of para-hydroxylation sites is 1. The van der Waals surface area contributed by atoms with Gasteiger partial charge in [-0.05, 0) is 30.7 Å². The maximum absolute atomic E-state index is 12.8. The van der Waals surface area contributed by atoms with Crippen LogP contribution in [0, 0.1) is 0 Å². The van der Waals surface area contributed by atoms with E-state index < -0.39 is 0 Å². The molecule has 0 saturated carbocycles. The average Bonchev–Trinajstić information content (AvgIpc) is 3.18. The van der Waals surface area contributed by atoms with Crippen LogP contribution in [0.25, 0.3) is 10.9 Å². The van der Waals surface area contributed by atoms with Crippen LogP contribution in [-0.4, -0.2) is 44.9 Å². The van der Waals surface area contributed by atoms with Gasteiger partial charge in [-0.2, -0.15) is 0 Å². The van der Waals surface area contributed by atoms with E-state index in [4.69, 9.17) is 9.52 Å². The fraction of sp³-hybridized carbons (Fsp3) is 0.316. The summed E-state index contributed by atoms with van der Waals surface area (Å²) in [5, 5.41) is 10.1. The van der Waals surface area contributed by atoms with Crippen LogP contribution in [0.3, 0.4) is 0 Å². The molecule has 1 amide bonds. The molecule has 0 spiro atoms. The van der Waals surface area contributed by atoms with E-state index in [0.29, 0.717) is 41.3 Å². The molecule has 2 aromatic heterocycles. The molecule has 0 aliphatic heterocycles. The van der Waals surface area contributed by atoms with Crippen LogP contribution >= 0.6 is 11.8 Å². The van der Waals surface area contributed by atoms with Crippen LogP contribution in [0.2, 0.25) is 0 Å². The lowest BCUT2D eigenvalue weighted by Crippen LogP contribution is -2.29. The highest BCUT2D eigenvalue weighted by Gasteiger charge is 2.15. The molecular weight excluding hydrogens is 366 g/mol. The van der Waals surface area contributed by atoms with Crippen molar-refractivity contribution in [2.24, 2.45) is 0 Å². The fourth-order valence-electron chi connectivity index (χ4n) is 2.64. The highest BCUT2D eigenvalue weighted by molar-refractivity contribution is 7.99. The lowest BCUT2D eigenvalue weighted by Gasteiger charge is -2.16. The predicted molar refractivity (Wildman–Crippen MR) is 104 cm³/mol. The predicted octanol–water partition coefficient (Wildman–Crippen LogP) is 2.12. The zero-order valence-corrected chi connectivity index (χ0v) is 15.8. The molecule has 0 aliphatic carbocycles. The van der Waals surface area contributed by atoms with Crippen LogP contribution in [0.1, 0.15) is 12.2 Å². The summed E-state index contributed by atoms with van der Waals surface area (Å²) in [6.45, 7) is 0.717. The van der Waals surface area contributed by atoms with Gasteiger partial charge in [-0.15, -0.1) is 0 Å². The van der Waals surface area contributed by atoms with Gasteiger partial charge in [0.1, 0.15) is 5.76 Å². The Balaban J connectivity index is 1.78. The number of aliphatic hydroxyl groups is 1. The molecule has 142 valence electrons. The van der Waals surface area contributed by atoms with Crippen molar-refractivity contribution in [1.29, 1.82) is 0 Å². The molecule has 0 radical (unpaired) electrons. The quantitative estimate of drug-likeness (QED) is 0.470. The minimum Gasteiger partial charge on any atom is -0.467 e. The fourth-order valence-corrected chi connectivity index (χ4v) is 3.61. The largest absolute Gasteiger partial charge is 0.467 e. The number of benzene rings is 1. The highest BCUT2D eigenvalue weighted by atomic mass is 32.2. The van der Waals surface area contributed by atoms with E-state index in [2.05, 4.69) is 4.98 Å². The molecule has 2 heterocycles. The number of furan rings is 1. The number of aliphatic hydroxyl groups excluding tert-OH is 1. The van der Waals surface area contributed by atoms with Gasteiger partial charge in [0, 0.05) is 20.2 Å². The monoisotopic (exact) mass is 387 g/mol. The van der Waals surface area contributed by atoms with Gasteiger partial charge in [-0.3, -0.25) is 14.2 Å². The molecule has 8 heteroatoms. The van der Waals surface area contributed by atoms with Gasteiger partial charge in [0.15, 0.2) is 5.16 Å². The van der Waals surface area contributed by atoms with Crippen LogP contribution in [-0.2, 0) is 17.9 Å². The first-order valence-electron chi connectivity index (χ1n) is 8.59. The molecule has 0 aliphatic rings. The second kappa shape index (κ2) is 8.88. The summed E-state index contributed by atoms with van der Waals surface area (Å²) in [6, 6.07) is 10.7. The van der Waals surface area contributed by atoms with Crippen molar-refractivity contribution < 1.29 is 14.3 Å². The van der Waals surface area contributed by atoms with Gasteiger partial charge in [-0.25, -0.2) is 4.98 Å². The van der Waals surface area contributed by atoms with Crippen molar-refractivity contribution in [2.45, 2.75) is 24.7 Å². The Morgan fingerprint density at radius 1 is 1.30 bits per heavy atom. The first-order chi connectivity index (χ1) is 13.1. The average molecular weight is 387 g/mol. The SMILES string of the molecule is CN(Cc1ccco1)C(=O)CSc1nc2ccccc2c(=O)n1CCCO. The number of fused-ring (bicyclic) bond motifs is 1. The van der Waals surface area contributed by atoms with Crippen LogP contribution in [0.15, 0.2) is 57.0 Å². The summed E-state index contributed by atoms with van der Waals surface area (Å²) in [7, 11) is 1.71. The maximum Gasteiger partial charge on any atom is 0.262 e. The molecule has 3 rings (SSSR count). The number of carbonyl (C=O) groups is 1. The van der Waals surface area contributed by atoms with Crippen LogP contribution in [0.5, 0.6) is 0 Å². The number of hydrogen-bond acceptors (Lipinski definition) is 6. The summed E-state index contributed by atoms with van der Waals surface area (Å²) in [5.74, 6) is 0.772. The standard InChI is InChI=1S/C19H21N3O4S/c1-21(12-14-6-4-11-26-14)17(24)13-27-19-20-16-8-3-2-7-15(16)18(25)22(19)9-5-10-23/h2-4,6-8,11,23H,5,9-10,12-13H2,1H3. The van der Waals surface area contributed by atoms with Crippen molar-refractivity contribution >= 4 is 28.6 Å². The van der Waals surface area contributed by atoms with Crippen molar-refractivity contribution in [2.75, 3.05) is 19.4 Å². The Kier molecular flexibility index (Phi) is 6.31. The second-order valence-corrected chi connectivity index (χ2v) is 7.01. The molecule has 0 atom stereocenters. The van der Waals surface area contributed by atoms with E-state index in [0.717, 1.165) is 0 Å². The van der Waals surface area contributed by atoms with Crippen LogP contribution in [0.4, 0.5) is 0 Å². The summed E-state index contributed by atoms with van der Waals surface area (Å²) in [4.78, 5) is 31.3. The maximum atomic E-state index is 12.8. The summed E-state index contributed by atoms with van der Waals surface area (Å²) in [6.07, 6.45) is 2.01. The van der Waals surface area contributed by atoms with Gasteiger partial charge in [0.2, 0.25) is 5.91 Å². The molecule has 0 bridgehead atoms. The molecule has 1 N–H and O–H groups in total. The molecule has 7 nitrogen and oxygen atoms in total. The highest BCUT2D eigenvalue weighted by Crippen LogP contribution is 2.19. The van der Waals surface area contributed by atoms with Crippen LogP contribution < -0.4 is 5.56 Å². The first-order valence-corrected chi connectivity index (χ1v) is 9.58. The molecule has 1 aromatic carbocycles. The normalized spacial score (nSPS) is 11.0. The first kappa shape index (κ1) is 19.2. The summed E-state index contributed by atoms with van der Waals surface area (Å²) < 4.78 is 6.79. The zero-order chi connectivity index (χ0) is 19.2. The molecule has 3 aromatic rings. The lowest BCUT2D eigenvalue weighted by molar-refractivity contribution is -0.127. The van der Waals surface area contributed by atoms with E-state index >= 15 is 0 Å². The summed E-state index contributed by atoms with van der Waals surface area (Å²) >= 11 is 1.22. The topological polar surface area (TPSA) is 88.6 Å². The number of aromatic nitrogens is 2. The molecule has 0 unspecified atom stereocenters. The number of amides is 1. The lowest BCUT2D eigenvalue weighted by atomic mass is 10.2. The van der Waals surface area contributed by atoms with Crippen molar-refractivity contribution in [3.63, 3.8) is 0 Å². The van der Waals surface area contributed by atoms with E-state index in [1.165, 1.54) is 16.3 Å². The minimum absolute atomic E-state index is 0.0197. The Bertz CT molecular complexity index is 969. The third-order valence-electron chi connectivity index (χ3n) is 4.09. The zero-order valence-electron chi connectivity index (χ0n) is 15.0. The van der Waals surface area contributed by atoms with Gasteiger partial charge >= 0.3 is 0 Å². The van der Waals surface area contributed by atoms with Crippen molar-refractivity contribution in [1.82, 2.24) is 14.5 Å². The third kappa shape index (κ3) is 4.58. The molecular formula is C19H21N3O4S. The Hall–Kier alpha value is -2.58. The number of rotatable bonds is 8. The number of nitrogens with zero attached hydrogens (tertiary/aromatic N) is 3. The Labute approximate surface area is 160 Å². The van der Waals surface area contributed by atoms with Gasteiger partial charge in [-0.1, -0.05) is 23.9 Å². The molecule has 27 heavy (non-hydrogen) atoms. The van der Waals surface area contributed by atoms with Gasteiger partial charge in [0.25, 0.3) is 5.56 Å². The Morgan fingerprint density at radius 2 is 2.11 bits per heavy atom. The van der Waals surface area contributed by atoms with Gasteiger partial charge < -0.3 is 14.4 Å². The van der Waals surface area contributed by atoms with E-state index in [-0.39, 0.29) is 23.8 Å². The number of thioether (sulfide) groups is 1. The van der Waals surface area contributed by atoms with E-state index in [1.54, 1.807) is 42.5 Å². The molecule has 0 saturated heterocycles. The molecule has 0 fully saturated rings. The van der Waals surface area contributed by atoms with Crippen molar-refractivity contribution in [3.05, 3.63) is 58.8 Å².